The normalized spacial score (nSPS) is 29.0. The first-order valence-electron chi connectivity index (χ1n) is 11.3. The lowest BCUT2D eigenvalue weighted by atomic mass is 9.62. The highest BCUT2D eigenvalue weighted by Gasteiger charge is 2.74. The monoisotopic (exact) mass is 515 g/mol. The summed E-state index contributed by atoms with van der Waals surface area (Å²) in [6.45, 7) is 7.06. The minimum absolute atomic E-state index is 0.106. The van der Waals surface area contributed by atoms with Crippen molar-refractivity contribution in [2.75, 3.05) is 5.32 Å². The van der Waals surface area contributed by atoms with Crippen LogP contribution in [0, 0.1) is 22.6 Å². The van der Waals surface area contributed by atoms with Crippen molar-refractivity contribution in [3.63, 3.8) is 0 Å². The molecule has 0 aromatic heterocycles. The number of cyclic esters (lactones) is 1. The van der Waals surface area contributed by atoms with Crippen LogP contribution in [-0.4, -0.2) is 34.6 Å². The van der Waals surface area contributed by atoms with E-state index in [1.54, 1.807) is 58.0 Å². The van der Waals surface area contributed by atoms with Gasteiger partial charge in [-0.2, -0.15) is 5.26 Å². The zero-order valence-corrected chi connectivity index (χ0v) is 21.2. The number of nitrogens with zero attached hydrogens (tertiary/aromatic N) is 2. The fraction of sp³-hybridized carbons (Fsp3) is 0.423. The molecule has 3 aliphatic rings. The molecule has 1 amide bonds. The average Bonchev–Trinajstić information content (AvgIpc) is 3.31. The Kier molecular flexibility index (Phi) is 5.27. The van der Waals surface area contributed by atoms with Crippen LogP contribution in [0.2, 0.25) is 10.0 Å². The number of carbonyl (C=O) groups excluding carboxylic acids is 2. The van der Waals surface area contributed by atoms with Crippen LogP contribution in [0.1, 0.15) is 51.2 Å². The summed E-state index contributed by atoms with van der Waals surface area (Å²) in [5, 5.41) is 13.2. The molecule has 1 spiro atoms. The number of esters is 1. The van der Waals surface area contributed by atoms with Crippen LogP contribution in [0.25, 0.3) is 0 Å². The Morgan fingerprint density at radius 2 is 1.94 bits per heavy atom. The summed E-state index contributed by atoms with van der Waals surface area (Å²) in [6.07, 6.45) is 0.230. The number of hydrogen-bond donors (Lipinski definition) is 1. The van der Waals surface area contributed by atoms with Crippen molar-refractivity contribution >= 4 is 40.8 Å². The van der Waals surface area contributed by atoms with Gasteiger partial charge in [-0.3, -0.25) is 9.59 Å². The van der Waals surface area contributed by atoms with Crippen LogP contribution in [0.4, 0.5) is 10.1 Å². The molecular weight excluding hydrogens is 492 g/mol. The molecule has 2 fully saturated rings. The largest absolute Gasteiger partial charge is 0.443 e. The molecule has 1 N–H and O–H groups in total. The lowest BCUT2D eigenvalue weighted by molar-refractivity contribution is -0.153. The van der Waals surface area contributed by atoms with E-state index in [4.69, 9.17) is 27.9 Å². The molecular formula is C26H24Cl2FN3O3. The van der Waals surface area contributed by atoms with E-state index in [-0.39, 0.29) is 22.9 Å². The summed E-state index contributed by atoms with van der Waals surface area (Å²) in [5.41, 5.74) is -2.10. The van der Waals surface area contributed by atoms with E-state index in [2.05, 4.69) is 11.4 Å². The molecule has 3 heterocycles. The maximum Gasteiger partial charge on any atom is 0.325 e. The molecule has 5 rings (SSSR count). The fourth-order valence-corrected chi connectivity index (χ4v) is 6.64. The van der Waals surface area contributed by atoms with Crippen LogP contribution in [-0.2, 0) is 19.7 Å². The van der Waals surface area contributed by atoms with E-state index in [0.717, 1.165) is 0 Å². The Bertz CT molecular complexity index is 1320. The lowest BCUT2D eigenvalue weighted by Gasteiger charge is -2.42. The van der Waals surface area contributed by atoms with Crippen molar-refractivity contribution in [1.82, 2.24) is 4.90 Å². The van der Waals surface area contributed by atoms with Gasteiger partial charge in [-0.15, -0.1) is 0 Å². The summed E-state index contributed by atoms with van der Waals surface area (Å²) in [6, 6.07) is 10.3. The van der Waals surface area contributed by atoms with E-state index >= 15 is 4.39 Å². The Hall–Kier alpha value is -2.66. The molecule has 0 radical (unpaired) electrons. The first kappa shape index (κ1) is 24.1. The number of amides is 1. The third-order valence-electron chi connectivity index (χ3n) is 7.56. The zero-order valence-electron chi connectivity index (χ0n) is 19.7. The second-order valence-electron chi connectivity index (χ2n) is 10.6. The number of rotatable bonds is 3. The van der Waals surface area contributed by atoms with Crippen LogP contribution in [0.15, 0.2) is 36.4 Å². The number of carbonyl (C=O) groups is 2. The van der Waals surface area contributed by atoms with Crippen molar-refractivity contribution in [2.45, 2.75) is 63.3 Å². The number of ether oxygens (including phenoxy) is 1. The highest BCUT2D eigenvalue weighted by Crippen LogP contribution is 2.63. The molecule has 0 saturated carbocycles. The molecule has 4 atom stereocenters. The summed E-state index contributed by atoms with van der Waals surface area (Å²) >= 11 is 12.4. The first-order chi connectivity index (χ1) is 16.3. The first-order valence-corrected chi connectivity index (χ1v) is 12.1. The fourth-order valence-electron chi connectivity index (χ4n) is 6.28. The molecule has 9 heteroatoms. The SMILES string of the molecule is CC(C)(C#N)C[C@@H]1N2[C@@H](C(=O)OC2(C)C)[C@H](c2cccc(Cl)c2F)[C@]12C(=O)Nc1cc(Cl)ccc12. The smallest absolute Gasteiger partial charge is 0.325 e. The van der Waals surface area contributed by atoms with Crippen LogP contribution in [0.3, 0.4) is 0 Å². The average molecular weight is 516 g/mol. The van der Waals surface area contributed by atoms with Crippen molar-refractivity contribution in [1.29, 1.82) is 5.26 Å². The van der Waals surface area contributed by atoms with Crippen molar-refractivity contribution in [3.8, 4) is 6.07 Å². The number of halogens is 3. The van der Waals surface area contributed by atoms with Crippen LogP contribution < -0.4 is 5.32 Å². The minimum Gasteiger partial charge on any atom is -0.443 e. The second kappa shape index (κ2) is 7.67. The molecule has 0 aliphatic carbocycles. The highest BCUT2D eigenvalue weighted by atomic mass is 35.5. The topological polar surface area (TPSA) is 82.4 Å². The van der Waals surface area contributed by atoms with Gasteiger partial charge >= 0.3 is 5.97 Å². The van der Waals surface area contributed by atoms with Gasteiger partial charge in [0, 0.05) is 22.7 Å². The summed E-state index contributed by atoms with van der Waals surface area (Å²) in [4.78, 5) is 29.4. The van der Waals surface area contributed by atoms with Gasteiger partial charge in [0.1, 0.15) is 17.3 Å². The Morgan fingerprint density at radius 1 is 1.23 bits per heavy atom. The number of nitrogens with one attached hydrogen (secondary N) is 1. The predicted octanol–water partition coefficient (Wildman–Crippen LogP) is 5.39. The number of nitriles is 1. The van der Waals surface area contributed by atoms with Crippen molar-refractivity contribution in [3.05, 3.63) is 63.4 Å². The van der Waals surface area contributed by atoms with E-state index in [0.29, 0.717) is 16.3 Å². The summed E-state index contributed by atoms with van der Waals surface area (Å²) < 4.78 is 21.4. The highest BCUT2D eigenvalue weighted by molar-refractivity contribution is 6.31. The van der Waals surface area contributed by atoms with Gasteiger partial charge in [-0.1, -0.05) is 41.4 Å². The molecule has 2 aromatic rings. The molecule has 35 heavy (non-hydrogen) atoms. The summed E-state index contributed by atoms with van der Waals surface area (Å²) in [5.74, 6) is -2.58. The number of fused-ring (bicyclic) bond motifs is 3. The van der Waals surface area contributed by atoms with E-state index < -0.39 is 46.3 Å². The van der Waals surface area contributed by atoms with E-state index in [9.17, 15) is 14.9 Å². The minimum atomic E-state index is -1.40. The van der Waals surface area contributed by atoms with Crippen LogP contribution >= 0.6 is 23.2 Å². The number of anilines is 1. The zero-order chi connectivity index (χ0) is 25.5. The molecule has 0 unspecified atom stereocenters. The Morgan fingerprint density at radius 3 is 2.63 bits per heavy atom. The van der Waals surface area contributed by atoms with Crippen molar-refractivity contribution < 1.29 is 18.7 Å². The second-order valence-corrected chi connectivity index (χ2v) is 11.4. The molecule has 6 nitrogen and oxygen atoms in total. The van der Waals surface area contributed by atoms with Gasteiger partial charge in [0.05, 0.1) is 16.5 Å². The van der Waals surface area contributed by atoms with E-state index in [1.807, 2.05) is 4.90 Å². The lowest BCUT2D eigenvalue weighted by Crippen LogP contribution is -2.55. The quantitative estimate of drug-likeness (QED) is 0.554. The molecule has 0 bridgehead atoms. The third-order valence-corrected chi connectivity index (χ3v) is 8.08. The summed E-state index contributed by atoms with van der Waals surface area (Å²) in [7, 11) is 0. The van der Waals surface area contributed by atoms with Gasteiger partial charge in [-0.25, -0.2) is 9.29 Å². The van der Waals surface area contributed by atoms with Crippen LogP contribution in [0.5, 0.6) is 0 Å². The molecule has 3 aliphatic heterocycles. The Balaban J connectivity index is 1.88. The van der Waals surface area contributed by atoms with E-state index in [1.165, 1.54) is 6.07 Å². The molecule has 2 aromatic carbocycles. The Labute approximate surface area is 212 Å². The maximum absolute atomic E-state index is 15.7. The predicted molar refractivity (Wildman–Crippen MR) is 130 cm³/mol. The molecule has 2 saturated heterocycles. The maximum atomic E-state index is 15.7. The van der Waals surface area contributed by atoms with Gasteiger partial charge in [0.2, 0.25) is 5.91 Å². The molecule has 182 valence electrons. The number of hydrogen-bond acceptors (Lipinski definition) is 5. The van der Waals surface area contributed by atoms with Gasteiger partial charge in [0.15, 0.2) is 5.72 Å². The van der Waals surface area contributed by atoms with Gasteiger partial charge < -0.3 is 10.1 Å². The number of benzene rings is 2. The third kappa shape index (κ3) is 3.23. The standard InChI is InChI=1S/C26H24Cl2FN3O3/c1-24(2,12-30)11-18-26(15-9-8-13(27)10-17(15)31-23(26)34)19(14-6-5-7-16(28)20(14)29)21-22(33)35-25(3,4)32(18)21/h5-10,18-19,21H,11H2,1-4H3,(H,31,34)/t18-,19-,21+,26+/m0/s1. The van der Waals surface area contributed by atoms with Gasteiger partial charge in [-0.05, 0) is 63.4 Å². The van der Waals surface area contributed by atoms with Crippen molar-refractivity contribution in [2.24, 2.45) is 5.41 Å². The van der Waals surface area contributed by atoms with Gasteiger partial charge in [0.25, 0.3) is 0 Å².